The molecule has 0 aliphatic carbocycles. The molecule has 33 heavy (non-hydrogen) atoms. The van der Waals surface area contributed by atoms with Crippen LogP contribution in [0.15, 0.2) is 0 Å². The standard InChI is InChI=1S/3C6H13NO3S/c3*7-5(6(9)10)4-11-3-1-2-8/h3*5,8H,1-4,7H2,(H,9,10)/t3*5-/m000/s1. The fourth-order valence-corrected chi connectivity index (χ4v) is 4.03. The van der Waals surface area contributed by atoms with Crippen LogP contribution in [0.1, 0.15) is 19.3 Å². The number of nitrogens with two attached hydrogens (primary N) is 3. The SMILES string of the molecule is N[C@@H](CSCCCO)C(=O)O.N[C@@H](CSCCCO)C(=O)O.N[C@@H](CSCCCO)C(=O)O. The minimum absolute atomic E-state index is 0.148. The Kier molecular flexibility index (Phi) is 30.6. The van der Waals surface area contributed by atoms with Crippen molar-refractivity contribution in [2.45, 2.75) is 37.4 Å². The molecule has 15 heteroatoms. The molecule has 0 saturated heterocycles. The molecule has 0 aliphatic rings. The van der Waals surface area contributed by atoms with Gasteiger partial charge in [0, 0.05) is 37.1 Å². The Morgan fingerprint density at radius 1 is 0.545 bits per heavy atom. The van der Waals surface area contributed by atoms with Crippen LogP contribution in [0.3, 0.4) is 0 Å². The van der Waals surface area contributed by atoms with Crippen LogP contribution >= 0.6 is 35.3 Å². The average molecular weight is 538 g/mol. The zero-order chi connectivity index (χ0) is 26.1. The first-order chi connectivity index (χ1) is 15.5. The van der Waals surface area contributed by atoms with Gasteiger partial charge in [-0.3, -0.25) is 14.4 Å². The molecule has 12 N–H and O–H groups in total. The number of carboxylic acids is 3. The lowest BCUT2D eigenvalue weighted by molar-refractivity contribution is -0.138. The second-order valence-corrected chi connectivity index (χ2v) is 9.74. The van der Waals surface area contributed by atoms with Crippen molar-refractivity contribution in [1.29, 1.82) is 0 Å². The lowest BCUT2D eigenvalue weighted by Crippen LogP contribution is -2.32. The first kappa shape index (κ1) is 36.8. The highest BCUT2D eigenvalue weighted by Crippen LogP contribution is 2.04. The van der Waals surface area contributed by atoms with E-state index in [-0.39, 0.29) is 19.8 Å². The van der Waals surface area contributed by atoms with Crippen LogP contribution in [0.5, 0.6) is 0 Å². The van der Waals surface area contributed by atoms with E-state index >= 15 is 0 Å². The molecule has 0 aromatic heterocycles. The zero-order valence-corrected chi connectivity index (χ0v) is 21.0. The normalized spacial score (nSPS) is 12.9. The van der Waals surface area contributed by atoms with Crippen LogP contribution in [0.25, 0.3) is 0 Å². The topological polar surface area (TPSA) is 251 Å². The van der Waals surface area contributed by atoms with Crippen LogP contribution in [0, 0.1) is 0 Å². The van der Waals surface area contributed by atoms with Gasteiger partial charge < -0.3 is 47.8 Å². The predicted molar refractivity (Wildman–Crippen MR) is 134 cm³/mol. The number of thioether (sulfide) groups is 3. The van der Waals surface area contributed by atoms with Gasteiger partial charge in [-0.25, -0.2) is 0 Å². The van der Waals surface area contributed by atoms with Gasteiger partial charge in [0.1, 0.15) is 18.1 Å². The second kappa shape index (κ2) is 27.5. The van der Waals surface area contributed by atoms with Crippen molar-refractivity contribution in [1.82, 2.24) is 0 Å². The summed E-state index contributed by atoms with van der Waals surface area (Å²) in [5.74, 6) is 0.608. The van der Waals surface area contributed by atoms with Gasteiger partial charge in [-0.2, -0.15) is 35.3 Å². The lowest BCUT2D eigenvalue weighted by atomic mass is 10.4. The molecule has 0 amide bonds. The van der Waals surface area contributed by atoms with E-state index in [0.717, 1.165) is 17.3 Å². The molecule has 0 fully saturated rings. The molecule has 3 atom stereocenters. The van der Waals surface area contributed by atoms with Gasteiger partial charge in [-0.15, -0.1) is 0 Å². The van der Waals surface area contributed by atoms with Crippen molar-refractivity contribution in [2.24, 2.45) is 17.2 Å². The number of hydrogen-bond acceptors (Lipinski definition) is 12. The summed E-state index contributed by atoms with van der Waals surface area (Å²) < 4.78 is 0. The predicted octanol–water partition coefficient (Wildman–Crippen LogP) is -1.46. The van der Waals surface area contributed by atoms with E-state index < -0.39 is 36.0 Å². The van der Waals surface area contributed by atoms with Gasteiger partial charge in [-0.1, -0.05) is 0 Å². The van der Waals surface area contributed by atoms with E-state index in [1.807, 2.05) is 0 Å². The third kappa shape index (κ3) is 31.2. The number of carbonyl (C=O) groups is 3. The van der Waals surface area contributed by atoms with Gasteiger partial charge in [-0.05, 0) is 36.5 Å². The lowest BCUT2D eigenvalue weighted by Gasteiger charge is -2.04. The van der Waals surface area contributed by atoms with Crippen LogP contribution in [-0.4, -0.2) is 121 Å². The minimum atomic E-state index is -0.971. The van der Waals surface area contributed by atoms with Crippen molar-refractivity contribution >= 4 is 53.2 Å². The van der Waals surface area contributed by atoms with E-state index in [4.69, 9.17) is 47.8 Å². The van der Waals surface area contributed by atoms with Crippen LogP contribution in [0.2, 0.25) is 0 Å². The first-order valence-corrected chi connectivity index (χ1v) is 13.5. The Morgan fingerprint density at radius 2 is 0.758 bits per heavy atom. The Balaban J connectivity index is -0.000000409. The zero-order valence-electron chi connectivity index (χ0n) is 18.6. The van der Waals surface area contributed by atoms with Gasteiger partial charge in [0.15, 0.2) is 0 Å². The molecular weight excluding hydrogens is 498 g/mol. The van der Waals surface area contributed by atoms with E-state index in [1.54, 1.807) is 0 Å². The highest BCUT2D eigenvalue weighted by molar-refractivity contribution is 7.99. The number of carboxylic acid groups (broad SMARTS) is 3. The quantitative estimate of drug-likeness (QED) is 0.0906. The summed E-state index contributed by atoms with van der Waals surface area (Å²) >= 11 is 4.35. The summed E-state index contributed by atoms with van der Waals surface area (Å²) in [7, 11) is 0. The summed E-state index contributed by atoms with van der Waals surface area (Å²) in [6.07, 6.45) is 2.07. The summed E-state index contributed by atoms with van der Waals surface area (Å²) in [6.45, 7) is 0.444. The molecule has 0 saturated carbocycles. The third-order valence-electron chi connectivity index (χ3n) is 3.18. The molecule has 0 radical (unpaired) electrons. The van der Waals surface area contributed by atoms with Crippen molar-refractivity contribution < 1.29 is 45.0 Å². The van der Waals surface area contributed by atoms with E-state index in [1.165, 1.54) is 35.3 Å². The summed E-state index contributed by atoms with van der Waals surface area (Å²) in [6, 6.07) is -2.34. The van der Waals surface area contributed by atoms with Gasteiger partial charge in [0.25, 0.3) is 0 Å². The van der Waals surface area contributed by atoms with Crippen LogP contribution in [0.4, 0.5) is 0 Å². The molecule has 0 rings (SSSR count). The Bertz CT molecular complexity index is 428. The van der Waals surface area contributed by atoms with Crippen molar-refractivity contribution in [2.75, 3.05) is 54.3 Å². The maximum atomic E-state index is 10.2. The summed E-state index contributed by atoms with van der Waals surface area (Å²) in [5, 5.41) is 50.2. The van der Waals surface area contributed by atoms with Crippen molar-refractivity contribution in [3.05, 3.63) is 0 Å². The molecule has 198 valence electrons. The van der Waals surface area contributed by atoms with Crippen molar-refractivity contribution in [3.8, 4) is 0 Å². The Hall–Kier alpha value is -0.780. The summed E-state index contributed by atoms with van der Waals surface area (Å²) in [5.41, 5.74) is 15.6. The molecule has 0 bridgehead atoms. The highest BCUT2D eigenvalue weighted by Gasteiger charge is 2.11. The third-order valence-corrected chi connectivity index (χ3v) is 6.70. The Labute approximate surface area is 207 Å². The molecule has 0 aromatic carbocycles. The largest absolute Gasteiger partial charge is 0.480 e. The number of hydrogen-bond donors (Lipinski definition) is 9. The molecule has 12 nitrogen and oxygen atoms in total. The number of aliphatic hydroxyl groups excluding tert-OH is 3. The molecule has 0 heterocycles. The molecule has 0 unspecified atom stereocenters. The van der Waals surface area contributed by atoms with E-state index in [9.17, 15) is 14.4 Å². The fourth-order valence-electron chi connectivity index (χ4n) is 1.34. The number of aliphatic carboxylic acids is 3. The maximum absolute atomic E-state index is 10.2. The van der Waals surface area contributed by atoms with Gasteiger partial charge >= 0.3 is 17.9 Å². The van der Waals surface area contributed by atoms with E-state index in [0.29, 0.717) is 36.5 Å². The second-order valence-electron chi connectivity index (χ2n) is 6.29. The highest BCUT2D eigenvalue weighted by atomic mass is 32.2. The van der Waals surface area contributed by atoms with Crippen LogP contribution < -0.4 is 17.2 Å². The van der Waals surface area contributed by atoms with E-state index in [2.05, 4.69) is 0 Å². The fraction of sp³-hybridized carbons (Fsp3) is 0.833. The van der Waals surface area contributed by atoms with Gasteiger partial charge in [0.2, 0.25) is 0 Å². The minimum Gasteiger partial charge on any atom is -0.480 e. The molecule has 0 aliphatic heterocycles. The molecular formula is C18H39N3O9S3. The van der Waals surface area contributed by atoms with Crippen molar-refractivity contribution in [3.63, 3.8) is 0 Å². The Morgan fingerprint density at radius 3 is 0.909 bits per heavy atom. The molecule has 0 spiro atoms. The molecule has 0 aromatic rings. The maximum Gasteiger partial charge on any atom is 0.321 e. The van der Waals surface area contributed by atoms with Crippen LogP contribution in [-0.2, 0) is 14.4 Å². The smallest absolute Gasteiger partial charge is 0.321 e. The van der Waals surface area contributed by atoms with Gasteiger partial charge in [0.05, 0.1) is 0 Å². The monoisotopic (exact) mass is 537 g/mol. The average Bonchev–Trinajstić information content (AvgIpc) is 2.77. The number of rotatable bonds is 18. The first-order valence-electron chi connectivity index (χ1n) is 10.1. The number of aliphatic hydroxyl groups is 3. The summed E-state index contributed by atoms with van der Waals surface area (Å²) in [4.78, 5) is 30.5.